The van der Waals surface area contributed by atoms with Gasteiger partial charge in [-0.05, 0) is 0 Å². The maximum atomic E-state index is 13.1. The summed E-state index contributed by atoms with van der Waals surface area (Å²) in [7, 11) is 5.38. The van der Waals surface area contributed by atoms with E-state index in [0.29, 0.717) is 5.46 Å². The van der Waals surface area contributed by atoms with E-state index >= 15 is 0 Å². The van der Waals surface area contributed by atoms with Crippen LogP contribution in [-0.2, 0) is 0 Å². The van der Waals surface area contributed by atoms with Crippen LogP contribution in [0.1, 0.15) is 0 Å². The van der Waals surface area contributed by atoms with E-state index in [0.717, 1.165) is 0 Å². The van der Waals surface area contributed by atoms with Gasteiger partial charge in [-0.25, -0.2) is 9.37 Å². The predicted molar refractivity (Wildman–Crippen MR) is 47.0 cm³/mol. The normalized spacial score (nSPS) is 10.9. The number of pyridine rings is 1. The van der Waals surface area contributed by atoms with Crippen LogP contribution in [0.2, 0.25) is 0 Å². The van der Waals surface area contributed by atoms with Crippen LogP contribution >= 0.6 is 0 Å². The van der Waals surface area contributed by atoms with Crippen LogP contribution in [0.5, 0.6) is 0 Å². The van der Waals surface area contributed by atoms with Crippen LogP contribution in [0.4, 0.5) is 13.2 Å². The lowest BCUT2D eigenvalue weighted by molar-refractivity contribution is 0.435. The predicted octanol–water partition coefficient (Wildman–Crippen LogP) is 1.45. The van der Waals surface area contributed by atoms with Gasteiger partial charge in [0.15, 0.2) is 5.82 Å². The van der Waals surface area contributed by atoms with E-state index in [1.807, 2.05) is 0 Å². The summed E-state index contributed by atoms with van der Waals surface area (Å²) in [5.74, 6) is -4.27. The lowest BCUT2D eigenvalue weighted by Crippen LogP contribution is -2.04. The fourth-order valence-corrected chi connectivity index (χ4v) is 1.19. The quantitative estimate of drug-likeness (QED) is 0.455. The van der Waals surface area contributed by atoms with Crippen molar-refractivity contribution in [1.82, 2.24) is 4.98 Å². The van der Waals surface area contributed by atoms with Gasteiger partial charge >= 0.3 is 0 Å². The van der Waals surface area contributed by atoms with Gasteiger partial charge in [0, 0.05) is 5.39 Å². The van der Waals surface area contributed by atoms with Gasteiger partial charge in [-0.2, -0.15) is 8.78 Å². The number of hydrogen-bond acceptors (Lipinski definition) is 1. The van der Waals surface area contributed by atoms with E-state index < -0.39 is 17.6 Å². The number of fused-ring (bicyclic) bond motifs is 1. The molecule has 1 aromatic heterocycles. The van der Waals surface area contributed by atoms with Crippen LogP contribution in [0, 0.1) is 17.6 Å². The zero-order chi connectivity index (χ0) is 10.3. The van der Waals surface area contributed by atoms with Crippen LogP contribution in [0.15, 0.2) is 18.2 Å². The Kier molecular flexibility index (Phi) is 1.95. The standard InChI is InChI=1S/C9H3BF3N/c10-4-1-2-5-6(3-4)14-9(13)8(12)7(5)11/h1-3H/q-1. The maximum Gasteiger partial charge on any atom is 0.252 e. The van der Waals surface area contributed by atoms with E-state index in [4.69, 9.17) is 7.85 Å². The second kappa shape index (κ2) is 3.01. The molecule has 0 aliphatic carbocycles. The Morgan fingerprint density at radius 1 is 1.07 bits per heavy atom. The van der Waals surface area contributed by atoms with Crippen LogP contribution in [0.3, 0.4) is 0 Å². The number of rotatable bonds is 0. The lowest BCUT2D eigenvalue weighted by atomic mass is 9.95. The van der Waals surface area contributed by atoms with Crippen molar-refractivity contribution in [1.29, 1.82) is 0 Å². The Hall–Kier alpha value is -1.52. The van der Waals surface area contributed by atoms with Gasteiger partial charge in [0.05, 0.1) is 5.52 Å². The molecular weight excluding hydrogens is 190 g/mol. The molecule has 1 heterocycles. The highest BCUT2D eigenvalue weighted by atomic mass is 19.2. The number of hydrogen-bond donors (Lipinski definition) is 0. The molecular formula is C9H3BF3N-. The molecule has 3 radical (unpaired) electrons. The molecule has 2 aromatic rings. The van der Waals surface area contributed by atoms with Gasteiger partial charge < -0.3 is 13.3 Å². The zero-order valence-electron chi connectivity index (χ0n) is 6.89. The monoisotopic (exact) mass is 193 g/mol. The van der Waals surface area contributed by atoms with E-state index in [-0.39, 0.29) is 10.9 Å². The van der Waals surface area contributed by atoms with Crippen molar-refractivity contribution in [3.8, 4) is 0 Å². The molecule has 0 aliphatic heterocycles. The summed E-state index contributed by atoms with van der Waals surface area (Å²) in [6, 6.07) is 3.93. The number of aromatic nitrogens is 1. The van der Waals surface area contributed by atoms with Crippen LogP contribution < -0.4 is 5.46 Å². The first-order valence-electron chi connectivity index (χ1n) is 3.79. The van der Waals surface area contributed by atoms with E-state index in [1.54, 1.807) is 0 Å². The second-order valence-corrected chi connectivity index (χ2v) is 2.81. The average molecular weight is 193 g/mol. The minimum Gasteiger partial charge on any atom is -0.580 e. The Morgan fingerprint density at radius 3 is 2.50 bits per heavy atom. The van der Waals surface area contributed by atoms with Crippen LogP contribution in [-0.4, -0.2) is 12.8 Å². The molecule has 0 unspecified atom stereocenters. The maximum absolute atomic E-state index is 13.1. The van der Waals surface area contributed by atoms with Crippen molar-refractivity contribution >= 4 is 24.2 Å². The van der Waals surface area contributed by atoms with E-state index in [1.165, 1.54) is 18.2 Å². The molecule has 0 atom stereocenters. The smallest absolute Gasteiger partial charge is 0.252 e. The topological polar surface area (TPSA) is 12.9 Å². The summed E-state index contributed by atoms with van der Waals surface area (Å²) in [5, 5.41) is -0.0851. The number of benzene rings is 1. The molecule has 2 rings (SSSR count). The van der Waals surface area contributed by atoms with Crippen LogP contribution in [0.25, 0.3) is 10.9 Å². The highest BCUT2D eigenvalue weighted by molar-refractivity contribution is 6.33. The molecule has 0 bridgehead atoms. The summed E-state index contributed by atoms with van der Waals surface area (Å²) in [6.45, 7) is 0. The van der Waals surface area contributed by atoms with Gasteiger partial charge in [-0.15, -0.1) is 6.07 Å². The lowest BCUT2D eigenvalue weighted by Gasteiger charge is -2.08. The molecule has 69 valence electrons. The highest BCUT2D eigenvalue weighted by Crippen LogP contribution is 2.18. The van der Waals surface area contributed by atoms with E-state index in [9.17, 15) is 13.2 Å². The fraction of sp³-hybridized carbons (Fsp3) is 0. The van der Waals surface area contributed by atoms with Gasteiger partial charge in [-0.3, -0.25) is 0 Å². The Labute approximate surface area is 79.0 Å². The first-order valence-corrected chi connectivity index (χ1v) is 3.79. The van der Waals surface area contributed by atoms with Crippen molar-refractivity contribution in [2.75, 3.05) is 0 Å². The minimum atomic E-state index is -1.57. The molecule has 0 N–H and O–H groups in total. The molecule has 0 saturated carbocycles. The largest absolute Gasteiger partial charge is 0.580 e. The van der Waals surface area contributed by atoms with Gasteiger partial charge in [0.25, 0.3) is 5.95 Å². The Bertz CT molecular complexity index is 513. The third kappa shape index (κ3) is 1.25. The second-order valence-electron chi connectivity index (χ2n) is 2.81. The van der Waals surface area contributed by atoms with Crippen molar-refractivity contribution in [2.24, 2.45) is 0 Å². The van der Waals surface area contributed by atoms with Crippen molar-refractivity contribution in [3.63, 3.8) is 0 Å². The third-order valence-corrected chi connectivity index (χ3v) is 1.85. The summed E-state index contributed by atoms with van der Waals surface area (Å²) in [4.78, 5) is 3.24. The molecule has 0 amide bonds. The average Bonchev–Trinajstić information content (AvgIpc) is 2.14. The summed E-state index contributed by atoms with van der Waals surface area (Å²) in [5.41, 5.74) is 0.316. The van der Waals surface area contributed by atoms with Gasteiger partial charge in [-0.1, -0.05) is 12.1 Å². The first kappa shape index (κ1) is 9.06. The van der Waals surface area contributed by atoms with Gasteiger partial charge in [0.2, 0.25) is 5.82 Å². The number of halogens is 3. The molecule has 5 heteroatoms. The minimum absolute atomic E-state index is 0.00130. The highest BCUT2D eigenvalue weighted by Gasteiger charge is 2.13. The van der Waals surface area contributed by atoms with Crippen molar-refractivity contribution in [2.45, 2.75) is 0 Å². The van der Waals surface area contributed by atoms with Gasteiger partial charge in [0.1, 0.15) is 0 Å². The fourth-order valence-electron chi connectivity index (χ4n) is 1.19. The molecule has 0 aliphatic rings. The zero-order valence-corrected chi connectivity index (χ0v) is 6.89. The van der Waals surface area contributed by atoms with Crippen molar-refractivity contribution < 1.29 is 13.2 Å². The molecule has 0 fully saturated rings. The molecule has 14 heavy (non-hydrogen) atoms. The summed E-state index contributed by atoms with van der Waals surface area (Å²) < 4.78 is 38.5. The van der Waals surface area contributed by atoms with Crippen molar-refractivity contribution in [3.05, 3.63) is 35.8 Å². The molecule has 0 saturated heterocycles. The summed E-state index contributed by atoms with van der Waals surface area (Å²) in [6.07, 6.45) is 0. The Morgan fingerprint density at radius 2 is 1.79 bits per heavy atom. The number of nitrogens with zero attached hydrogens (tertiary/aromatic N) is 1. The third-order valence-electron chi connectivity index (χ3n) is 1.85. The molecule has 1 aromatic carbocycles. The molecule has 1 nitrogen and oxygen atoms in total. The van der Waals surface area contributed by atoms with E-state index in [2.05, 4.69) is 4.98 Å². The Balaban J connectivity index is 2.91. The first-order chi connectivity index (χ1) is 6.59. The SMILES string of the molecule is [B-]c1ccc2c(F)c(F)c(F)nc2c1. The molecule has 0 spiro atoms. The summed E-state index contributed by atoms with van der Waals surface area (Å²) >= 11 is 0.